The van der Waals surface area contributed by atoms with Gasteiger partial charge in [-0.2, -0.15) is 0 Å². The fourth-order valence-electron chi connectivity index (χ4n) is 2.71. The molecule has 0 amide bonds. The summed E-state index contributed by atoms with van der Waals surface area (Å²) in [5.74, 6) is 0.714. The van der Waals surface area contributed by atoms with Crippen LogP contribution >= 0.6 is 0 Å². The van der Waals surface area contributed by atoms with Gasteiger partial charge >= 0.3 is 0 Å². The van der Waals surface area contributed by atoms with E-state index in [0.717, 1.165) is 12.0 Å². The van der Waals surface area contributed by atoms with Crippen molar-refractivity contribution >= 4 is 6.29 Å². The Morgan fingerprint density at radius 1 is 1.53 bits per heavy atom. The van der Waals surface area contributed by atoms with Gasteiger partial charge in [0.1, 0.15) is 5.69 Å². The Hall–Kier alpha value is -1.12. The minimum absolute atomic E-state index is 0.492. The number of aldehydes is 1. The van der Waals surface area contributed by atoms with Crippen molar-refractivity contribution in [1.82, 2.24) is 9.55 Å². The zero-order valence-corrected chi connectivity index (χ0v) is 9.22. The molecular formula is C12H18N2O. The third kappa shape index (κ3) is 1.96. The highest BCUT2D eigenvalue weighted by Gasteiger charge is 2.26. The van der Waals surface area contributed by atoms with Crippen molar-refractivity contribution in [3.8, 4) is 0 Å². The van der Waals surface area contributed by atoms with Crippen LogP contribution in [0.25, 0.3) is 0 Å². The standard InChI is InChI=1S/C12H18N2O/c1-2-10-5-3-4-6-12(10)14-9-13-7-11(14)8-15/h7-10,12H,2-6H2,1H3. The van der Waals surface area contributed by atoms with Gasteiger partial charge in [0.2, 0.25) is 0 Å². The molecule has 0 radical (unpaired) electrons. The average Bonchev–Trinajstić information content (AvgIpc) is 2.76. The molecule has 1 aliphatic rings. The molecule has 1 fully saturated rings. The van der Waals surface area contributed by atoms with Crippen molar-refractivity contribution in [2.45, 2.75) is 45.1 Å². The molecule has 0 spiro atoms. The highest BCUT2D eigenvalue weighted by atomic mass is 16.1. The topological polar surface area (TPSA) is 34.9 Å². The zero-order valence-electron chi connectivity index (χ0n) is 9.22. The first-order chi connectivity index (χ1) is 7.36. The Labute approximate surface area is 90.5 Å². The molecule has 0 N–H and O–H groups in total. The number of carbonyl (C=O) groups excluding carboxylic acids is 1. The average molecular weight is 206 g/mol. The van der Waals surface area contributed by atoms with Crippen LogP contribution in [0.2, 0.25) is 0 Å². The van der Waals surface area contributed by atoms with Crippen molar-refractivity contribution in [3.05, 3.63) is 18.2 Å². The monoisotopic (exact) mass is 206 g/mol. The van der Waals surface area contributed by atoms with E-state index in [4.69, 9.17) is 0 Å². The van der Waals surface area contributed by atoms with E-state index < -0.39 is 0 Å². The molecule has 1 saturated carbocycles. The third-order valence-electron chi connectivity index (χ3n) is 3.57. The molecular weight excluding hydrogens is 188 g/mol. The Balaban J connectivity index is 2.23. The van der Waals surface area contributed by atoms with Crippen molar-refractivity contribution in [2.24, 2.45) is 5.92 Å². The second-order valence-corrected chi connectivity index (χ2v) is 4.36. The smallest absolute Gasteiger partial charge is 0.168 e. The molecule has 1 aromatic heterocycles. The summed E-state index contributed by atoms with van der Waals surface area (Å²) in [6, 6.07) is 0.492. The van der Waals surface area contributed by atoms with Crippen molar-refractivity contribution in [1.29, 1.82) is 0 Å². The first-order valence-electron chi connectivity index (χ1n) is 5.83. The van der Waals surface area contributed by atoms with E-state index in [9.17, 15) is 4.79 Å². The number of nitrogens with zero attached hydrogens (tertiary/aromatic N) is 2. The Morgan fingerprint density at radius 3 is 3.07 bits per heavy atom. The van der Waals surface area contributed by atoms with Crippen molar-refractivity contribution in [2.75, 3.05) is 0 Å². The number of hydrogen-bond acceptors (Lipinski definition) is 2. The highest BCUT2D eigenvalue weighted by molar-refractivity contribution is 5.71. The maximum absolute atomic E-state index is 10.9. The van der Waals surface area contributed by atoms with Crippen LogP contribution in [0.4, 0.5) is 0 Å². The van der Waals surface area contributed by atoms with E-state index in [1.807, 2.05) is 6.33 Å². The van der Waals surface area contributed by atoms with E-state index >= 15 is 0 Å². The number of imidazole rings is 1. The lowest BCUT2D eigenvalue weighted by atomic mass is 9.82. The summed E-state index contributed by atoms with van der Waals surface area (Å²) in [6.45, 7) is 2.24. The van der Waals surface area contributed by atoms with Crippen LogP contribution in [0.15, 0.2) is 12.5 Å². The molecule has 1 aromatic rings. The van der Waals surface area contributed by atoms with Crippen molar-refractivity contribution < 1.29 is 4.79 Å². The molecule has 1 heterocycles. The maximum Gasteiger partial charge on any atom is 0.168 e. The molecule has 2 rings (SSSR count). The normalized spacial score (nSPS) is 26.5. The van der Waals surface area contributed by atoms with Crippen LogP contribution in [0.1, 0.15) is 55.6 Å². The lowest BCUT2D eigenvalue weighted by molar-refractivity contribution is 0.110. The first-order valence-corrected chi connectivity index (χ1v) is 5.83. The molecule has 0 aliphatic heterocycles. The second-order valence-electron chi connectivity index (χ2n) is 4.36. The van der Waals surface area contributed by atoms with E-state index in [2.05, 4.69) is 16.5 Å². The summed E-state index contributed by atoms with van der Waals surface area (Å²) in [4.78, 5) is 14.9. The maximum atomic E-state index is 10.9. The van der Waals surface area contributed by atoms with Gasteiger partial charge in [0.25, 0.3) is 0 Å². The van der Waals surface area contributed by atoms with E-state index in [1.165, 1.54) is 32.1 Å². The van der Waals surface area contributed by atoms with Gasteiger partial charge in [-0.05, 0) is 18.8 Å². The Kier molecular flexibility index (Phi) is 3.19. The molecule has 15 heavy (non-hydrogen) atoms. The summed E-state index contributed by atoms with van der Waals surface area (Å²) >= 11 is 0. The van der Waals surface area contributed by atoms with Crippen LogP contribution in [-0.2, 0) is 0 Å². The molecule has 0 bridgehead atoms. The minimum Gasteiger partial charge on any atom is -0.325 e. The van der Waals surface area contributed by atoms with Gasteiger partial charge in [-0.25, -0.2) is 4.98 Å². The highest BCUT2D eigenvalue weighted by Crippen LogP contribution is 2.36. The molecule has 0 saturated heterocycles. The van der Waals surface area contributed by atoms with Gasteiger partial charge < -0.3 is 4.57 Å². The predicted octanol–water partition coefficient (Wildman–Crippen LogP) is 2.84. The fraction of sp³-hybridized carbons (Fsp3) is 0.667. The van der Waals surface area contributed by atoms with Crippen molar-refractivity contribution in [3.63, 3.8) is 0 Å². The van der Waals surface area contributed by atoms with Crippen LogP contribution in [-0.4, -0.2) is 15.8 Å². The van der Waals surface area contributed by atoms with Gasteiger partial charge in [0, 0.05) is 6.04 Å². The van der Waals surface area contributed by atoms with E-state index in [0.29, 0.717) is 12.0 Å². The number of rotatable bonds is 3. The van der Waals surface area contributed by atoms with Gasteiger partial charge in [-0.15, -0.1) is 0 Å². The number of carbonyl (C=O) groups is 1. The lowest BCUT2D eigenvalue weighted by Gasteiger charge is -2.32. The third-order valence-corrected chi connectivity index (χ3v) is 3.57. The summed E-state index contributed by atoms with van der Waals surface area (Å²) in [7, 11) is 0. The second kappa shape index (κ2) is 4.60. The number of aromatic nitrogens is 2. The molecule has 82 valence electrons. The van der Waals surface area contributed by atoms with Gasteiger partial charge in [-0.1, -0.05) is 26.2 Å². The SMILES string of the molecule is CCC1CCCCC1n1cncc1C=O. The van der Waals surface area contributed by atoms with Gasteiger partial charge in [0.05, 0.1) is 12.5 Å². The summed E-state index contributed by atoms with van der Waals surface area (Å²) in [5, 5.41) is 0. The minimum atomic E-state index is 0.492. The zero-order chi connectivity index (χ0) is 10.7. The van der Waals surface area contributed by atoms with Crippen LogP contribution < -0.4 is 0 Å². The summed E-state index contributed by atoms with van der Waals surface area (Å²) < 4.78 is 2.07. The lowest BCUT2D eigenvalue weighted by Crippen LogP contribution is -2.23. The van der Waals surface area contributed by atoms with Crippen LogP contribution in [0.3, 0.4) is 0 Å². The fourth-order valence-corrected chi connectivity index (χ4v) is 2.71. The predicted molar refractivity (Wildman–Crippen MR) is 58.9 cm³/mol. The van der Waals surface area contributed by atoms with Crippen LogP contribution in [0.5, 0.6) is 0 Å². The molecule has 3 heteroatoms. The van der Waals surface area contributed by atoms with E-state index in [-0.39, 0.29) is 0 Å². The van der Waals surface area contributed by atoms with E-state index in [1.54, 1.807) is 6.20 Å². The molecule has 1 aliphatic carbocycles. The Morgan fingerprint density at radius 2 is 2.33 bits per heavy atom. The molecule has 2 atom stereocenters. The number of hydrogen-bond donors (Lipinski definition) is 0. The summed E-state index contributed by atoms with van der Waals surface area (Å²) in [6.07, 6.45) is 10.7. The molecule has 2 unspecified atom stereocenters. The molecule has 0 aromatic carbocycles. The van der Waals surface area contributed by atoms with Gasteiger partial charge in [0.15, 0.2) is 6.29 Å². The molecule has 3 nitrogen and oxygen atoms in total. The first kappa shape index (κ1) is 10.4. The van der Waals surface area contributed by atoms with Gasteiger partial charge in [-0.3, -0.25) is 4.79 Å². The summed E-state index contributed by atoms with van der Waals surface area (Å²) in [5.41, 5.74) is 0.723. The largest absolute Gasteiger partial charge is 0.325 e. The quantitative estimate of drug-likeness (QED) is 0.713. The van der Waals surface area contributed by atoms with Crippen LogP contribution in [0, 0.1) is 5.92 Å². The Bertz CT molecular complexity index is 332.